The Balaban J connectivity index is 1.75. The van der Waals surface area contributed by atoms with Crippen LogP contribution >= 0.6 is 11.6 Å². The molecule has 3 heterocycles. The monoisotopic (exact) mass is 325 g/mol. The molecule has 0 unspecified atom stereocenters. The highest BCUT2D eigenvalue weighted by Gasteiger charge is 2.09. The molecule has 0 aliphatic heterocycles. The van der Waals surface area contributed by atoms with Gasteiger partial charge in [0, 0.05) is 11.8 Å². The first-order valence-electron chi connectivity index (χ1n) is 7.02. The van der Waals surface area contributed by atoms with Gasteiger partial charge in [-0.1, -0.05) is 17.7 Å². The maximum atomic E-state index is 5.95. The van der Waals surface area contributed by atoms with Crippen LogP contribution in [0.15, 0.2) is 42.6 Å². The zero-order valence-electron chi connectivity index (χ0n) is 12.3. The maximum Gasteiger partial charge on any atom is 0.178 e. The zero-order chi connectivity index (χ0) is 15.8. The Hall–Kier alpha value is -2.73. The second-order valence-corrected chi connectivity index (χ2v) is 5.51. The number of aromatic nitrogens is 5. The Morgan fingerprint density at radius 2 is 2.04 bits per heavy atom. The summed E-state index contributed by atoms with van der Waals surface area (Å²) in [6, 6.07) is 11.5. The van der Waals surface area contributed by atoms with Gasteiger partial charge in [0.15, 0.2) is 11.5 Å². The van der Waals surface area contributed by atoms with Crippen molar-refractivity contribution < 1.29 is 4.74 Å². The summed E-state index contributed by atoms with van der Waals surface area (Å²) in [5, 5.41) is 14.0. The van der Waals surface area contributed by atoms with Crippen LogP contribution in [0.5, 0.6) is 5.75 Å². The number of fused-ring (bicyclic) bond motifs is 2. The molecule has 0 aliphatic carbocycles. The van der Waals surface area contributed by atoms with Crippen LogP contribution < -0.4 is 4.74 Å². The quantitative estimate of drug-likeness (QED) is 0.579. The number of benzene rings is 1. The van der Waals surface area contributed by atoms with E-state index in [-0.39, 0.29) is 0 Å². The van der Waals surface area contributed by atoms with E-state index in [0.717, 1.165) is 28.0 Å². The standard InChI is InChI=1S/C16H12ClN5O/c1-23-12-8-11-6-10(2-3-13(11)18-9-12)7-16-20-19-15-5-4-14(17)21-22(15)16/h2-6,8-9H,7H2,1H3. The van der Waals surface area contributed by atoms with Crippen LogP contribution in [-0.4, -0.2) is 31.9 Å². The number of methoxy groups -OCH3 is 1. The number of nitrogens with zero attached hydrogens (tertiary/aromatic N) is 5. The van der Waals surface area contributed by atoms with Gasteiger partial charge in [0.25, 0.3) is 0 Å². The van der Waals surface area contributed by atoms with E-state index in [0.29, 0.717) is 17.2 Å². The lowest BCUT2D eigenvalue weighted by molar-refractivity contribution is 0.414. The minimum absolute atomic E-state index is 0.408. The van der Waals surface area contributed by atoms with Crippen molar-refractivity contribution in [3.8, 4) is 5.75 Å². The number of hydrogen-bond donors (Lipinski definition) is 0. The summed E-state index contributed by atoms with van der Waals surface area (Å²) in [6.07, 6.45) is 2.31. The summed E-state index contributed by atoms with van der Waals surface area (Å²) < 4.78 is 6.89. The Morgan fingerprint density at radius 1 is 1.13 bits per heavy atom. The normalized spacial score (nSPS) is 11.2. The molecule has 4 rings (SSSR count). The van der Waals surface area contributed by atoms with Gasteiger partial charge in [0.1, 0.15) is 10.9 Å². The zero-order valence-corrected chi connectivity index (χ0v) is 13.0. The molecule has 7 heteroatoms. The molecule has 0 spiro atoms. The smallest absolute Gasteiger partial charge is 0.178 e. The average Bonchev–Trinajstić information content (AvgIpc) is 2.96. The highest BCUT2D eigenvalue weighted by atomic mass is 35.5. The van der Waals surface area contributed by atoms with Crippen molar-refractivity contribution in [3.05, 3.63) is 59.1 Å². The van der Waals surface area contributed by atoms with E-state index in [1.54, 1.807) is 30.0 Å². The van der Waals surface area contributed by atoms with Crippen molar-refractivity contribution in [2.24, 2.45) is 0 Å². The van der Waals surface area contributed by atoms with E-state index in [9.17, 15) is 0 Å². The molecule has 3 aromatic heterocycles. The number of pyridine rings is 1. The summed E-state index contributed by atoms with van der Waals surface area (Å²) in [7, 11) is 1.63. The maximum absolute atomic E-state index is 5.95. The largest absolute Gasteiger partial charge is 0.495 e. The molecule has 6 nitrogen and oxygen atoms in total. The minimum Gasteiger partial charge on any atom is -0.495 e. The van der Waals surface area contributed by atoms with Crippen LogP contribution in [0.3, 0.4) is 0 Å². The first-order valence-corrected chi connectivity index (χ1v) is 7.40. The molecule has 0 aliphatic rings. The molecule has 0 bridgehead atoms. The lowest BCUT2D eigenvalue weighted by Gasteiger charge is -2.04. The van der Waals surface area contributed by atoms with E-state index < -0.39 is 0 Å². The molecule has 0 N–H and O–H groups in total. The van der Waals surface area contributed by atoms with Crippen molar-refractivity contribution in [2.45, 2.75) is 6.42 Å². The topological polar surface area (TPSA) is 65.2 Å². The van der Waals surface area contributed by atoms with Crippen LogP contribution in [0.2, 0.25) is 5.15 Å². The van der Waals surface area contributed by atoms with Crippen LogP contribution in [0.25, 0.3) is 16.6 Å². The van der Waals surface area contributed by atoms with Crippen molar-refractivity contribution in [2.75, 3.05) is 7.11 Å². The Bertz CT molecular complexity index is 1010. The van der Waals surface area contributed by atoms with Crippen LogP contribution in [0, 0.1) is 0 Å². The lowest BCUT2D eigenvalue weighted by atomic mass is 10.1. The van der Waals surface area contributed by atoms with E-state index in [2.05, 4.69) is 26.3 Å². The van der Waals surface area contributed by atoms with Crippen molar-refractivity contribution in [1.82, 2.24) is 24.8 Å². The third-order valence-corrected chi connectivity index (χ3v) is 3.81. The molecule has 0 saturated carbocycles. The first kappa shape index (κ1) is 13.9. The van der Waals surface area contributed by atoms with E-state index >= 15 is 0 Å². The van der Waals surface area contributed by atoms with Crippen LogP contribution in [0.4, 0.5) is 0 Å². The third-order valence-electron chi connectivity index (χ3n) is 3.61. The first-order chi connectivity index (χ1) is 11.2. The van der Waals surface area contributed by atoms with Crippen molar-refractivity contribution in [1.29, 1.82) is 0 Å². The second-order valence-electron chi connectivity index (χ2n) is 5.12. The third kappa shape index (κ3) is 2.57. The van der Waals surface area contributed by atoms with Crippen molar-refractivity contribution in [3.63, 3.8) is 0 Å². The van der Waals surface area contributed by atoms with E-state index in [1.807, 2.05) is 18.2 Å². The summed E-state index contributed by atoms with van der Waals surface area (Å²) in [4.78, 5) is 4.36. The van der Waals surface area contributed by atoms with Gasteiger partial charge in [-0.15, -0.1) is 10.2 Å². The summed E-state index contributed by atoms with van der Waals surface area (Å²) >= 11 is 5.95. The summed E-state index contributed by atoms with van der Waals surface area (Å²) in [5.74, 6) is 1.47. The molecule has 0 fully saturated rings. The highest BCUT2D eigenvalue weighted by Crippen LogP contribution is 2.21. The Morgan fingerprint density at radius 3 is 2.91 bits per heavy atom. The SMILES string of the molecule is COc1cnc2ccc(Cc3nnc4ccc(Cl)nn34)cc2c1. The van der Waals surface area contributed by atoms with Gasteiger partial charge in [-0.3, -0.25) is 4.98 Å². The van der Waals surface area contributed by atoms with Gasteiger partial charge in [-0.2, -0.15) is 9.61 Å². The van der Waals surface area contributed by atoms with Gasteiger partial charge < -0.3 is 4.74 Å². The molecule has 0 atom stereocenters. The predicted octanol–water partition coefficient (Wildman–Crippen LogP) is 2.93. The van der Waals surface area contributed by atoms with E-state index in [1.165, 1.54) is 0 Å². The Labute approximate surface area is 136 Å². The van der Waals surface area contributed by atoms with Crippen molar-refractivity contribution >= 4 is 28.2 Å². The number of rotatable bonds is 3. The van der Waals surface area contributed by atoms with Gasteiger partial charge in [0.2, 0.25) is 0 Å². The van der Waals surface area contributed by atoms with Crippen LogP contribution in [0.1, 0.15) is 11.4 Å². The minimum atomic E-state index is 0.408. The summed E-state index contributed by atoms with van der Waals surface area (Å²) in [6.45, 7) is 0. The molecule has 0 saturated heterocycles. The number of halogens is 1. The fourth-order valence-corrected chi connectivity index (χ4v) is 2.62. The fourth-order valence-electron chi connectivity index (χ4n) is 2.49. The molecular weight excluding hydrogens is 314 g/mol. The highest BCUT2D eigenvalue weighted by molar-refractivity contribution is 6.29. The van der Waals surface area contributed by atoms with Gasteiger partial charge in [0.05, 0.1) is 18.8 Å². The van der Waals surface area contributed by atoms with E-state index in [4.69, 9.17) is 16.3 Å². The Kier molecular flexibility index (Phi) is 3.31. The van der Waals surface area contributed by atoms with Crippen LogP contribution in [-0.2, 0) is 6.42 Å². The molecule has 114 valence electrons. The molecule has 0 radical (unpaired) electrons. The molecule has 1 aromatic carbocycles. The second kappa shape index (κ2) is 5.48. The molecule has 23 heavy (non-hydrogen) atoms. The lowest BCUT2D eigenvalue weighted by Crippen LogP contribution is -2.00. The fraction of sp³-hybridized carbons (Fsp3) is 0.125. The average molecular weight is 326 g/mol. The van der Waals surface area contributed by atoms with Gasteiger partial charge in [-0.05, 0) is 35.9 Å². The summed E-state index contributed by atoms with van der Waals surface area (Å²) in [5.41, 5.74) is 2.68. The van der Waals surface area contributed by atoms with Gasteiger partial charge >= 0.3 is 0 Å². The molecular formula is C16H12ClN5O. The number of ether oxygens (including phenoxy) is 1. The predicted molar refractivity (Wildman–Crippen MR) is 86.9 cm³/mol. The molecule has 0 amide bonds. The number of hydrogen-bond acceptors (Lipinski definition) is 5. The molecule has 4 aromatic rings. The van der Waals surface area contributed by atoms with Gasteiger partial charge in [-0.25, -0.2) is 0 Å².